The van der Waals surface area contributed by atoms with Crippen LogP contribution in [0.5, 0.6) is 5.75 Å². The van der Waals surface area contributed by atoms with Gasteiger partial charge in [0.25, 0.3) is 0 Å². The first-order valence-corrected chi connectivity index (χ1v) is 11.5. The van der Waals surface area contributed by atoms with Crippen molar-refractivity contribution in [2.45, 2.75) is 38.4 Å². The molecule has 2 aliphatic heterocycles. The Morgan fingerprint density at radius 3 is 2.75 bits per heavy atom. The van der Waals surface area contributed by atoms with E-state index in [4.69, 9.17) is 4.74 Å². The van der Waals surface area contributed by atoms with E-state index in [1.54, 1.807) is 22.4 Å². The number of nitrogens with one attached hydrogen (secondary N) is 1. The molecular weight excluding hydrogens is 378 g/mol. The number of carbonyl (C=O) groups is 1. The minimum atomic E-state index is -3.27. The number of nitrogens with zero attached hydrogens (tertiary/aromatic N) is 2. The smallest absolute Gasteiger partial charge is 0.321 e. The molecule has 3 rings (SSSR count). The van der Waals surface area contributed by atoms with E-state index in [0.29, 0.717) is 56.4 Å². The number of rotatable bonds is 5. The number of ether oxygens (including phenoxy) is 1. The predicted molar refractivity (Wildman–Crippen MR) is 110 cm³/mol. The quantitative estimate of drug-likeness (QED) is 0.811. The lowest BCUT2D eigenvalue weighted by atomic mass is 10.0. The van der Waals surface area contributed by atoms with Gasteiger partial charge in [0.1, 0.15) is 5.75 Å². The van der Waals surface area contributed by atoms with Crippen molar-refractivity contribution in [1.29, 1.82) is 0 Å². The van der Waals surface area contributed by atoms with Crippen molar-refractivity contribution in [2.24, 2.45) is 11.8 Å². The molecule has 156 valence electrons. The Labute approximate surface area is 168 Å². The van der Waals surface area contributed by atoms with Gasteiger partial charge >= 0.3 is 6.03 Å². The molecule has 1 aromatic carbocycles. The van der Waals surface area contributed by atoms with E-state index in [1.165, 1.54) is 0 Å². The second kappa shape index (κ2) is 8.69. The van der Waals surface area contributed by atoms with Gasteiger partial charge in [-0.25, -0.2) is 17.5 Å². The summed E-state index contributed by atoms with van der Waals surface area (Å²) < 4.78 is 32.7. The normalized spacial score (nSPS) is 24.6. The highest BCUT2D eigenvalue weighted by Crippen LogP contribution is 2.34. The van der Waals surface area contributed by atoms with Crippen molar-refractivity contribution in [3.05, 3.63) is 24.3 Å². The number of urea groups is 1. The molecule has 0 unspecified atom stereocenters. The Balaban J connectivity index is 1.61. The maximum atomic E-state index is 12.9. The highest BCUT2D eigenvalue weighted by molar-refractivity contribution is 7.90. The van der Waals surface area contributed by atoms with Gasteiger partial charge in [0, 0.05) is 37.9 Å². The molecule has 0 radical (unpaired) electrons. The zero-order valence-electron chi connectivity index (χ0n) is 16.9. The summed E-state index contributed by atoms with van der Waals surface area (Å²) in [5.74, 6) is 1.26. The van der Waals surface area contributed by atoms with Crippen molar-refractivity contribution < 1.29 is 17.9 Å². The number of benzene rings is 1. The molecule has 2 saturated heterocycles. The molecule has 7 nitrogen and oxygen atoms in total. The fourth-order valence-electron chi connectivity index (χ4n) is 4.02. The van der Waals surface area contributed by atoms with E-state index < -0.39 is 10.0 Å². The minimum Gasteiger partial charge on any atom is -0.497 e. The fraction of sp³-hybridized carbons (Fsp3) is 0.650. The summed E-state index contributed by atoms with van der Waals surface area (Å²) in [6.45, 7) is 6.44. The maximum Gasteiger partial charge on any atom is 0.321 e. The lowest BCUT2D eigenvalue weighted by Crippen LogP contribution is -2.37. The standard InChI is InChI=1S/C20H31N3O4S/c1-15(2)7-12-23-14-16-8-10-22(11-9-19(16)28(23,25)26)20(24)21-17-5-4-6-18(13-17)27-3/h4-6,13,15-16,19H,7-12,14H2,1-3H3,(H,21,24)/t16-,19-/m1/s1. The van der Waals surface area contributed by atoms with Crippen LogP contribution in [0.25, 0.3) is 0 Å². The molecule has 8 heteroatoms. The lowest BCUT2D eigenvalue weighted by molar-refractivity contribution is 0.212. The number of methoxy groups -OCH3 is 1. The van der Waals surface area contributed by atoms with Crippen LogP contribution < -0.4 is 10.1 Å². The van der Waals surface area contributed by atoms with E-state index in [9.17, 15) is 13.2 Å². The van der Waals surface area contributed by atoms with Crippen LogP contribution in [0.15, 0.2) is 24.3 Å². The van der Waals surface area contributed by atoms with Gasteiger partial charge < -0.3 is 15.0 Å². The van der Waals surface area contributed by atoms with Gasteiger partial charge in [-0.15, -0.1) is 0 Å². The number of amides is 2. The number of hydrogen-bond donors (Lipinski definition) is 1. The van der Waals surface area contributed by atoms with Crippen molar-refractivity contribution in [1.82, 2.24) is 9.21 Å². The fourth-order valence-corrected chi connectivity index (χ4v) is 6.28. The van der Waals surface area contributed by atoms with Crippen molar-refractivity contribution in [3.63, 3.8) is 0 Å². The van der Waals surface area contributed by atoms with E-state index >= 15 is 0 Å². The van der Waals surface area contributed by atoms with E-state index in [2.05, 4.69) is 19.2 Å². The topological polar surface area (TPSA) is 79.0 Å². The summed E-state index contributed by atoms with van der Waals surface area (Å²) in [6, 6.07) is 7.02. The molecule has 0 aromatic heterocycles. The first-order chi connectivity index (χ1) is 13.3. The number of fused-ring (bicyclic) bond motifs is 1. The summed E-state index contributed by atoms with van der Waals surface area (Å²) in [6.07, 6.45) is 2.10. The Kier molecular flexibility index (Phi) is 6.50. The van der Waals surface area contributed by atoms with Crippen LogP contribution in [-0.4, -0.2) is 62.2 Å². The number of anilines is 1. The minimum absolute atomic E-state index is 0.104. The second-order valence-corrected chi connectivity index (χ2v) is 10.3. The highest BCUT2D eigenvalue weighted by Gasteiger charge is 2.46. The molecule has 1 aromatic rings. The van der Waals surface area contributed by atoms with Gasteiger partial charge in [-0.05, 0) is 43.2 Å². The largest absolute Gasteiger partial charge is 0.497 e. The summed E-state index contributed by atoms with van der Waals surface area (Å²) >= 11 is 0. The Morgan fingerprint density at radius 1 is 1.29 bits per heavy atom. The third-order valence-corrected chi connectivity index (χ3v) is 8.16. The van der Waals surface area contributed by atoms with Crippen LogP contribution in [-0.2, 0) is 10.0 Å². The van der Waals surface area contributed by atoms with Crippen molar-refractivity contribution >= 4 is 21.7 Å². The van der Waals surface area contributed by atoms with Gasteiger partial charge in [0.05, 0.1) is 12.4 Å². The van der Waals surface area contributed by atoms with Crippen molar-refractivity contribution in [2.75, 3.05) is 38.6 Å². The monoisotopic (exact) mass is 409 g/mol. The number of sulfonamides is 1. The molecule has 0 saturated carbocycles. The SMILES string of the molecule is COc1cccc(NC(=O)N2CC[C@@H]3CN(CCC(C)C)S(=O)(=O)[C@@H]3CC2)c1. The number of hydrogen-bond acceptors (Lipinski definition) is 4. The first-order valence-electron chi connectivity index (χ1n) is 10.00. The van der Waals surface area contributed by atoms with Crippen LogP contribution in [0.2, 0.25) is 0 Å². The lowest BCUT2D eigenvalue weighted by Gasteiger charge is -2.23. The summed E-state index contributed by atoms with van der Waals surface area (Å²) in [5, 5.41) is 2.52. The maximum absolute atomic E-state index is 12.9. The van der Waals surface area contributed by atoms with E-state index in [-0.39, 0.29) is 17.2 Å². The molecule has 0 spiro atoms. The van der Waals surface area contributed by atoms with Gasteiger partial charge in [-0.3, -0.25) is 0 Å². The summed E-state index contributed by atoms with van der Waals surface area (Å²) in [5.41, 5.74) is 0.668. The predicted octanol–water partition coefficient (Wildman–Crippen LogP) is 3.00. The highest BCUT2D eigenvalue weighted by atomic mass is 32.2. The summed E-state index contributed by atoms with van der Waals surface area (Å²) in [4.78, 5) is 14.4. The first kappa shape index (κ1) is 20.9. The zero-order chi connectivity index (χ0) is 20.3. The van der Waals surface area contributed by atoms with Gasteiger partial charge in [0.2, 0.25) is 10.0 Å². The van der Waals surface area contributed by atoms with Crippen LogP contribution in [0.1, 0.15) is 33.1 Å². The molecular formula is C20H31N3O4S. The molecule has 2 amide bonds. The summed E-state index contributed by atoms with van der Waals surface area (Å²) in [7, 11) is -1.68. The van der Waals surface area contributed by atoms with Crippen LogP contribution in [0, 0.1) is 11.8 Å². The number of carbonyl (C=O) groups excluding carboxylic acids is 1. The van der Waals surface area contributed by atoms with Crippen LogP contribution in [0.3, 0.4) is 0 Å². The molecule has 0 aliphatic carbocycles. The molecule has 2 aliphatic rings. The molecule has 2 fully saturated rings. The molecule has 2 atom stereocenters. The number of likely N-dealkylation sites (tertiary alicyclic amines) is 1. The van der Waals surface area contributed by atoms with E-state index in [1.807, 2.05) is 18.2 Å². The van der Waals surface area contributed by atoms with Crippen LogP contribution >= 0.6 is 0 Å². The average Bonchev–Trinajstić information content (AvgIpc) is 2.79. The third-order valence-electron chi connectivity index (χ3n) is 5.72. The van der Waals surface area contributed by atoms with E-state index in [0.717, 1.165) is 6.42 Å². The van der Waals surface area contributed by atoms with Gasteiger partial charge in [-0.2, -0.15) is 0 Å². The zero-order valence-corrected chi connectivity index (χ0v) is 17.7. The molecule has 2 heterocycles. The molecule has 28 heavy (non-hydrogen) atoms. The Morgan fingerprint density at radius 2 is 2.04 bits per heavy atom. The second-order valence-electron chi connectivity index (χ2n) is 8.11. The molecule has 1 N–H and O–H groups in total. The van der Waals surface area contributed by atoms with Gasteiger partial charge in [0.15, 0.2) is 0 Å². The Hall–Kier alpha value is -1.80. The Bertz CT molecular complexity index is 796. The average molecular weight is 410 g/mol. The van der Waals surface area contributed by atoms with Crippen molar-refractivity contribution in [3.8, 4) is 5.75 Å². The van der Waals surface area contributed by atoms with Gasteiger partial charge in [-0.1, -0.05) is 19.9 Å². The molecule has 0 bridgehead atoms. The van der Waals surface area contributed by atoms with Crippen LogP contribution in [0.4, 0.5) is 10.5 Å². The third kappa shape index (κ3) is 4.60.